The first-order chi connectivity index (χ1) is 62.1. The highest BCUT2D eigenvalue weighted by atomic mass is 16.7. The molecule has 0 spiro atoms. The minimum Gasteiger partial charge on any atom is -0.393 e. The van der Waals surface area contributed by atoms with Gasteiger partial charge < -0.3 is 49.6 Å². The van der Waals surface area contributed by atoms with Crippen LogP contribution in [0.15, 0.2) is 0 Å². The fourth-order valence-corrected chi connectivity index (χ4v) is 44.0. The van der Waals surface area contributed by atoms with Crippen LogP contribution in [-0.4, -0.2) is 122 Å². The lowest BCUT2D eigenvalue weighted by atomic mass is 9.37. The van der Waals surface area contributed by atoms with E-state index in [-0.39, 0.29) is 105 Å². The van der Waals surface area contributed by atoms with Crippen molar-refractivity contribution in [2.45, 2.75) is 586 Å². The van der Waals surface area contributed by atoms with Crippen LogP contribution in [0, 0.1) is 181 Å². The van der Waals surface area contributed by atoms with Gasteiger partial charge in [0.25, 0.3) is 0 Å². The number of hydrogen-bond donors (Lipinski definition) is 6. The molecule has 16 saturated carbocycles. The highest BCUT2D eigenvalue weighted by Gasteiger charge is 2.95. The van der Waals surface area contributed by atoms with Gasteiger partial charge in [0.2, 0.25) is 0 Å². The van der Waals surface area contributed by atoms with Crippen LogP contribution >= 0.6 is 0 Å². The lowest BCUT2D eigenvalue weighted by Gasteiger charge is -2.64. The Balaban J connectivity index is 0.000000126. The average molecular weight is 1900 g/mol. The lowest BCUT2D eigenvalue weighted by Crippen LogP contribution is -2.66. The van der Waals surface area contributed by atoms with Gasteiger partial charge in [-0.05, 0) is 411 Å². The molecule has 0 radical (unpaired) electrons. The van der Waals surface area contributed by atoms with E-state index in [4.69, 9.17) is 18.9 Å². The summed E-state index contributed by atoms with van der Waals surface area (Å²) in [6.07, 6.45) is 45.1. The fraction of sp³-hybridized carbons (Fsp3) is 0.984. The molecule has 0 bridgehead atoms. The molecule has 0 aromatic heterocycles. The summed E-state index contributed by atoms with van der Waals surface area (Å²) in [4.78, 5) is 25.3. The normalized spacial score (nSPS) is 52.4. The maximum absolute atomic E-state index is 12.9. The van der Waals surface area contributed by atoms with Crippen molar-refractivity contribution >= 4 is 11.6 Å². The van der Waals surface area contributed by atoms with Crippen LogP contribution in [0.2, 0.25) is 0 Å². The number of epoxide rings is 4. The van der Waals surface area contributed by atoms with Crippen LogP contribution in [0.4, 0.5) is 0 Å². The van der Waals surface area contributed by atoms with Gasteiger partial charge in [0, 0.05) is 61.6 Å². The van der Waals surface area contributed by atoms with Gasteiger partial charge in [-0.2, -0.15) is 0 Å². The fourth-order valence-electron chi connectivity index (χ4n) is 44.0. The molecule has 6 N–H and O–H groups in total. The van der Waals surface area contributed by atoms with E-state index in [0.717, 1.165) is 112 Å². The van der Waals surface area contributed by atoms with E-state index >= 15 is 0 Å². The molecule has 0 aromatic carbocycles. The van der Waals surface area contributed by atoms with Crippen LogP contribution in [-0.2, 0) is 28.5 Å². The summed E-state index contributed by atoms with van der Waals surface area (Å²) in [6.45, 7) is 85.0. The third-order valence-corrected chi connectivity index (χ3v) is 55.3. The number of aliphatic hydroxyl groups is 6. The molecule has 4 heterocycles. The minimum absolute atomic E-state index is 0.00229. The third-order valence-electron chi connectivity index (χ3n) is 55.3. The van der Waals surface area contributed by atoms with Crippen LogP contribution in [0.3, 0.4) is 0 Å². The van der Waals surface area contributed by atoms with Gasteiger partial charge in [0.1, 0.15) is 56.2 Å². The highest BCUT2D eigenvalue weighted by molar-refractivity contribution is 5.86. The molecule has 20 rings (SSSR count). The molecular formula is C124H212O12. The predicted molar refractivity (Wildman–Crippen MR) is 552 cm³/mol. The van der Waals surface area contributed by atoms with Gasteiger partial charge in [-0.25, -0.2) is 0 Å². The van der Waals surface area contributed by atoms with Crippen molar-refractivity contribution in [3.63, 3.8) is 0 Å². The second-order valence-electron chi connectivity index (χ2n) is 62.4. The molecule has 20 aliphatic rings. The number of carbonyl (C=O) groups excluding carboxylic acids is 2. The molecule has 0 amide bonds. The van der Waals surface area contributed by atoms with E-state index in [1.54, 1.807) is 41.5 Å². The first-order valence-electron chi connectivity index (χ1n) is 58.2. The Morgan fingerprint density at radius 2 is 0.603 bits per heavy atom. The molecule has 0 aromatic rings. The molecule has 12 nitrogen and oxygen atoms in total. The Hall–Kier alpha value is -1.06. The number of ketones is 2. The summed E-state index contributed by atoms with van der Waals surface area (Å²) in [6, 6.07) is 0. The monoisotopic (exact) mass is 1890 g/mol. The topological polar surface area (TPSA) is 206 Å². The minimum atomic E-state index is -1.23. The van der Waals surface area contributed by atoms with Gasteiger partial charge in [-0.15, -0.1) is 0 Å². The summed E-state index contributed by atoms with van der Waals surface area (Å²) in [5, 5.41) is 62.3. The molecular weight excluding hydrogens is 1680 g/mol. The number of ether oxygens (including phenoxy) is 4. The second-order valence-corrected chi connectivity index (χ2v) is 62.4. The van der Waals surface area contributed by atoms with Crippen molar-refractivity contribution in [1.82, 2.24) is 0 Å². The Morgan fingerprint density at radius 1 is 0.324 bits per heavy atom. The molecule has 4 aliphatic heterocycles. The molecule has 136 heavy (non-hydrogen) atoms. The van der Waals surface area contributed by atoms with Crippen LogP contribution in [0.5, 0.6) is 0 Å². The Bertz CT molecular complexity index is 4190. The first-order valence-corrected chi connectivity index (χ1v) is 58.2. The summed E-state index contributed by atoms with van der Waals surface area (Å²) >= 11 is 0. The van der Waals surface area contributed by atoms with Crippen molar-refractivity contribution in [2.75, 3.05) is 0 Å². The van der Waals surface area contributed by atoms with E-state index < -0.39 is 29.0 Å². The zero-order chi connectivity index (χ0) is 101. The van der Waals surface area contributed by atoms with Crippen LogP contribution in [0.1, 0.15) is 506 Å². The Morgan fingerprint density at radius 3 is 0.904 bits per heavy atom. The molecule has 12 heteroatoms. The average Bonchev–Trinajstić information content (AvgIpc) is 1.46. The number of fused-ring (bicyclic) bond motifs is 8. The SMILES string of the molecule is CC(CCC(=O)C(C)(C)O)C1CC[C@@]2(C)C34CC[C@H]5C(C)(C)C(=O)CC[C@]5(C)C3(CC[C@]12C)O4.CC(CCC(C)C(C)(C)C)C1CC[C@@]2(C)C34CC[C@H]5C(C)(C)[C@@H](C)CC[C@]5(C)C3(CC[C@]12C)O4.CC(CCC(O)C(C)(C)O)C1CC[C@@]2(C)C34CC[C@H]5C(C)(C)[C@@H](C)CC[C@]5(C)C3(CC[C@]12C)O4.CC(CCC(O)C(C)(C)O)C1CC[C@@]2(C)C34CC[C@H]5C(C)(C)[C@@H](O)CC[C@]5(C)C3(CC[C@]12C)O4. The smallest absolute Gasteiger partial charge is 0.163 e. The highest BCUT2D eigenvalue weighted by Crippen LogP contribution is 2.92. The van der Waals surface area contributed by atoms with E-state index in [1.165, 1.54) is 161 Å². The van der Waals surface area contributed by atoms with Crippen LogP contribution in [0.25, 0.3) is 0 Å². The van der Waals surface area contributed by atoms with Crippen molar-refractivity contribution < 1.29 is 59.2 Å². The summed E-state index contributed by atoms with van der Waals surface area (Å²) in [5.41, 5.74) is 1.11. The standard InChI is InChI=1S/C33H58O.C31H54O3.C30H52O4.C30H48O4/c1-22(12-13-23(2)27(4,5)6)25-15-18-31(11)29(25,9)20-21-32-30(10)17-14-24(3)28(7,8)26(30)16-19-33(31,32)34-32;1-20(10-11-24(32)26(5,6)33)22-13-16-29(9)27(22,7)18-19-30-28(8)15-12-21(2)25(3,4)23(28)14-17-31(29,30)34-30;2*1-19(9-10-23(32)25(4,5)33)20-11-15-28(8)26(20,6)17-18-29-27(7)14-13-22(31)24(2,3)21(27)12-16-30(28,29)34-29/h22-26H,12-21H2,1-11H3;20-24,32-33H,10-19H2,1-9H3;19-23,31-33H,9-18H2,1-8H3;19-21,33H,9-18H2,1-8H3/t22?,23?,24-,25?,26-,29+,30-,31+,32?,33?;20?,21-,22?,23-,24?,27+,28-,29+,30?,31?;19?,20?,21-,22-,23?,26+,27-,28+,29?,30?;19?,20?,21-,26+,27-,28+,29?,30?/m0000/s1. The van der Waals surface area contributed by atoms with Gasteiger partial charge in [-0.3, -0.25) is 9.59 Å². The third kappa shape index (κ3) is 13.4. The molecule has 20 fully saturated rings. The van der Waals surface area contributed by atoms with Gasteiger partial charge in [0.05, 0.1) is 29.5 Å². The number of hydrogen-bond acceptors (Lipinski definition) is 12. The molecule has 19 unspecified atom stereocenters. The summed E-state index contributed by atoms with van der Waals surface area (Å²) in [7, 11) is 0. The van der Waals surface area contributed by atoms with E-state index in [0.29, 0.717) is 122 Å². The second kappa shape index (κ2) is 32.2. The lowest BCUT2D eigenvalue weighted by molar-refractivity contribution is -0.158. The number of rotatable bonds is 19. The van der Waals surface area contributed by atoms with Gasteiger partial charge >= 0.3 is 0 Å². The van der Waals surface area contributed by atoms with Crippen molar-refractivity contribution in [1.29, 1.82) is 0 Å². The number of Topliss-reactive ketones (excluding diaryl/α,β-unsaturated/α-hetero) is 2. The number of carbonyl (C=O) groups is 2. The largest absolute Gasteiger partial charge is 0.393 e. The van der Waals surface area contributed by atoms with Gasteiger partial charge in [0.15, 0.2) is 5.78 Å². The van der Waals surface area contributed by atoms with Crippen molar-refractivity contribution in [2.24, 2.45) is 181 Å². The molecule has 780 valence electrons. The maximum atomic E-state index is 12.9. The zero-order valence-electron chi connectivity index (χ0n) is 94.8. The van der Waals surface area contributed by atoms with Crippen molar-refractivity contribution in [3.8, 4) is 0 Å². The molecule has 4 saturated heterocycles. The maximum Gasteiger partial charge on any atom is 0.163 e. The molecule has 16 aliphatic carbocycles. The van der Waals surface area contributed by atoms with E-state index in [2.05, 4.69) is 208 Å². The Kier molecular flexibility index (Phi) is 25.2. The quantitative estimate of drug-likeness (QED) is 0.0669. The van der Waals surface area contributed by atoms with E-state index in [1.807, 2.05) is 0 Å². The van der Waals surface area contributed by atoms with Crippen LogP contribution < -0.4 is 0 Å². The zero-order valence-corrected chi connectivity index (χ0v) is 94.8. The summed E-state index contributed by atoms with van der Waals surface area (Å²) < 4.78 is 29.0. The van der Waals surface area contributed by atoms with Gasteiger partial charge in [-0.1, -0.05) is 214 Å². The first kappa shape index (κ1) is 106. The predicted octanol–water partition coefficient (Wildman–Crippen LogP) is 28.9. The summed E-state index contributed by atoms with van der Waals surface area (Å²) in [5.74, 6) is 10.5. The Labute approximate surface area is 832 Å². The number of aliphatic hydroxyl groups excluding tert-OH is 3. The van der Waals surface area contributed by atoms with Crippen molar-refractivity contribution in [3.05, 3.63) is 0 Å². The molecule has 38 atom stereocenters. The van der Waals surface area contributed by atoms with E-state index in [9.17, 15) is 40.2 Å².